The molecule has 1 aliphatic carbocycles. The van der Waals surface area contributed by atoms with Crippen LogP contribution in [0.2, 0.25) is 0 Å². The molecule has 2 saturated heterocycles. The van der Waals surface area contributed by atoms with Crippen LogP contribution in [0.1, 0.15) is 32.1 Å². The van der Waals surface area contributed by atoms with Crippen LogP contribution in [0.4, 0.5) is 5.95 Å². The van der Waals surface area contributed by atoms with Gasteiger partial charge in [-0.2, -0.15) is 0 Å². The minimum Gasteiger partial charge on any atom is -0.378 e. The zero-order chi connectivity index (χ0) is 19.5. The van der Waals surface area contributed by atoms with Crippen LogP contribution in [0.5, 0.6) is 0 Å². The van der Waals surface area contributed by atoms with Gasteiger partial charge in [-0.1, -0.05) is 12.8 Å². The number of carbonyl (C=O) groups is 2. The first-order valence-corrected chi connectivity index (χ1v) is 10.3. The summed E-state index contributed by atoms with van der Waals surface area (Å²) in [4.78, 5) is 40.2. The Labute approximate surface area is 165 Å². The highest BCUT2D eigenvalue weighted by Crippen LogP contribution is 2.41. The van der Waals surface area contributed by atoms with E-state index >= 15 is 0 Å². The second kappa shape index (κ2) is 8.43. The molecule has 8 heteroatoms. The summed E-state index contributed by atoms with van der Waals surface area (Å²) in [5, 5.41) is 0. The van der Waals surface area contributed by atoms with Gasteiger partial charge in [-0.3, -0.25) is 9.59 Å². The first kappa shape index (κ1) is 19.1. The molecule has 3 atom stereocenters. The second-order valence-corrected chi connectivity index (χ2v) is 8.01. The third-order valence-electron chi connectivity index (χ3n) is 6.27. The molecule has 4 rings (SSSR count). The Balaban J connectivity index is 1.48. The van der Waals surface area contributed by atoms with E-state index in [4.69, 9.17) is 4.74 Å². The van der Waals surface area contributed by atoms with E-state index in [1.165, 1.54) is 12.8 Å². The van der Waals surface area contributed by atoms with Gasteiger partial charge >= 0.3 is 0 Å². The maximum absolute atomic E-state index is 13.3. The van der Waals surface area contributed by atoms with Gasteiger partial charge < -0.3 is 19.4 Å². The normalized spacial score (nSPS) is 27.4. The van der Waals surface area contributed by atoms with E-state index in [1.54, 1.807) is 35.3 Å². The fourth-order valence-corrected chi connectivity index (χ4v) is 4.84. The predicted molar refractivity (Wildman–Crippen MR) is 104 cm³/mol. The number of aromatic nitrogens is 2. The molecular formula is C20H29N5O3. The van der Waals surface area contributed by atoms with E-state index in [9.17, 15) is 9.59 Å². The van der Waals surface area contributed by atoms with Crippen LogP contribution >= 0.6 is 0 Å². The quantitative estimate of drug-likeness (QED) is 0.765. The summed E-state index contributed by atoms with van der Waals surface area (Å²) in [5.41, 5.74) is 0. The average Bonchev–Trinajstić information content (AvgIpc) is 3.14. The summed E-state index contributed by atoms with van der Waals surface area (Å²) < 4.78 is 5.31. The lowest BCUT2D eigenvalue weighted by atomic mass is 9.85. The maximum Gasteiger partial charge on any atom is 0.245 e. The Bertz CT molecular complexity index is 694. The zero-order valence-electron chi connectivity index (χ0n) is 16.5. The van der Waals surface area contributed by atoms with Crippen molar-refractivity contribution in [2.45, 2.75) is 44.2 Å². The van der Waals surface area contributed by atoms with Gasteiger partial charge in [0.05, 0.1) is 19.8 Å². The molecule has 0 spiro atoms. The van der Waals surface area contributed by atoms with Crippen molar-refractivity contribution >= 4 is 17.8 Å². The molecule has 28 heavy (non-hydrogen) atoms. The molecule has 3 unspecified atom stereocenters. The average molecular weight is 387 g/mol. The number of hydrogen-bond donors (Lipinski definition) is 0. The van der Waals surface area contributed by atoms with E-state index in [-0.39, 0.29) is 24.4 Å². The van der Waals surface area contributed by atoms with Crippen molar-refractivity contribution in [1.29, 1.82) is 0 Å². The first-order valence-electron chi connectivity index (χ1n) is 10.3. The van der Waals surface area contributed by atoms with E-state index in [2.05, 4.69) is 14.9 Å². The lowest BCUT2D eigenvalue weighted by molar-refractivity contribution is -0.142. The fraction of sp³-hybridized carbons (Fsp3) is 0.700. The Morgan fingerprint density at radius 3 is 2.64 bits per heavy atom. The highest BCUT2D eigenvalue weighted by Gasteiger charge is 2.47. The number of carbonyl (C=O) groups excluding carboxylic acids is 2. The Morgan fingerprint density at radius 1 is 1.18 bits per heavy atom. The number of rotatable bonds is 4. The Hall–Kier alpha value is -2.22. The molecule has 0 radical (unpaired) electrons. The highest BCUT2D eigenvalue weighted by atomic mass is 16.5. The number of fused-ring (bicyclic) bond motifs is 1. The summed E-state index contributed by atoms with van der Waals surface area (Å²) >= 11 is 0. The second-order valence-electron chi connectivity index (χ2n) is 8.01. The lowest BCUT2D eigenvalue weighted by Gasteiger charge is -2.35. The number of amides is 2. The molecular weight excluding hydrogens is 358 g/mol. The summed E-state index contributed by atoms with van der Waals surface area (Å²) in [6, 6.07) is 1.81. The molecule has 1 aromatic rings. The third kappa shape index (κ3) is 3.83. The maximum atomic E-state index is 13.3. The molecule has 2 amide bonds. The topological polar surface area (TPSA) is 78.9 Å². The molecule has 3 aliphatic rings. The Kier molecular flexibility index (Phi) is 5.75. The number of nitrogens with zero attached hydrogens (tertiary/aromatic N) is 5. The fourth-order valence-electron chi connectivity index (χ4n) is 4.84. The number of ether oxygens (including phenoxy) is 1. The van der Waals surface area contributed by atoms with E-state index in [1.807, 2.05) is 0 Å². The minimum atomic E-state index is -0.294. The van der Waals surface area contributed by atoms with Crippen LogP contribution in [0.15, 0.2) is 18.5 Å². The molecule has 0 N–H and O–H groups in total. The molecule has 3 fully saturated rings. The molecule has 0 bridgehead atoms. The largest absolute Gasteiger partial charge is 0.378 e. The Morgan fingerprint density at radius 2 is 1.89 bits per heavy atom. The van der Waals surface area contributed by atoms with E-state index in [0.717, 1.165) is 19.3 Å². The van der Waals surface area contributed by atoms with Gasteiger partial charge in [0.2, 0.25) is 17.8 Å². The lowest BCUT2D eigenvalue weighted by Crippen LogP contribution is -2.51. The number of anilines is 1. The summed E-state index contributed by atoms with van der Waals surface area (Å²) in [6.45, 7) is 2.42. The van der Waals surface area contributed by atoms with Gasteiger partial charge in [-0.15, -0.1) is 0 Å². The molecule has 1 saturated carbocycles. The van der Waals surface area contributed by atoms with Gasteiger partial charge in [0.25, 0.3) is 0 Å². The SMILES string of the molecule is CN(CC(=O)N1CCOCC1)C(=O)C1CC2CCCCC2N1c1ncccn1. The van der Waals surface area contributed by atoms with Crippen LogP contribution in [0.25, 0.3) is 0 Å². The van der Waals surface area contributed by atoms with Gasteiger partial charge in [0.15, 0.2) is 0 Å². The van der Waals surface area contributed by atoms with Crippen molar-refractivity contribution in [2.75, 3.05) is 44.8 Å². The third-order valence-corrected chi connectivity index (χ3v) is 6.27. The van der Waals surface area contributed by atoms with Crippen LogP contribution in [0.3, 0.4) is 0 Å². The molecule has 1 aromatic heterocycles. The summed E-state index contributed by atoms with van der Waals surface area (Å²) in [5.74, 6) is 1.10. The smallest absolute Gasteiger partial charge is 0.245 e. The molecule has 152 valence electrons. The van der Waals surface area contributed by atoms with Gasteiger partial charge in [-0.25, -0.2) is 9.97 Å². The first-order chi connectivity index (χ1) is 13.6. The standard InChI is InChI=1S/C20H29N5O3/c1-23(14-18(26)24-9-11-28-12-10-24)19(27)17-13-15-5-2-3-6-16(15)25(17)20-21-7-4-8-22-20/h4,7-8,15-17H,2-3,5-6,9-14H2,1H3. The summed E-state index contributed by atoms with van der Waals surface area (Å²) in [7, 11) is 1.73. The predicted octanol–water partition coefficient (Wildman–Crippen LogP) is 0.931. The van der Waals surface area contributed by atoms with Crippen molar-refractivity contribution < 1.29 is 14.3 Å². The van der Waals surface area contributed by atoms with Crippen LogP contribution in [-0.2, 0) is 14.3 Å². The van der Waals surface area contributed by atoms with Crippen LogP contribution in [0, 0.1) is 5.92 Å². The minimum absolute atomic E-state index is 0.0107. The zero-order valence-corrected chi connectivity index (χ0v) is 16.5. The van der Waals surface area contributed by atoms with Crippen molar-refractivity contribution in [3.05, 3.63) is 18.5 Å². The number of morpholine rings is 1. The summed E-state index contributed by atoms with van der Waals surface area (Å²) in [6.07, 6.45) is 8.89. The van der Waals surface area contributed by atoms with Crippen molar-refractivity contribution in [3.8, 4) is 0 Å². The van der Waals surface area contributed by atoms with Crippen LogP contribution in [-0.4, -0.2) is 83.6 Å². The van der Waals surface area contributed by atoms with Gasteiger partial charge in [0, 0.05) is 38.6 Å². The van der Waals surface area contributed by atoms with E-state index in [0.29, 0.717) is 44.2 Å². The molecule has 8 nitrogen and oxygen atoms in total. The van der Waals surface area contributed by atoms with Gasteiger partial charge in [-0.05, 0) is 31.2 Å². The van der Waals surface area contributed by atoms with Crippen molar-refractivity contribution in [3.63, 3.8) is 0 Å². The van der Waals surface area contributed by atoms with Gasteiger partial charge in [0.1, 0.15) is 6.04 Å². The van der Waals surface area contributed by atoms with Crippen molar-refractivity contribution in [2.24, 2.45) is 5.92 Å². The van der Waals surface area contributed by atoms with Crippen molar-refractivity contribution in [1.82, 2.24) is 19.8 Å². The molecule has 2 aliphatic heterocycles. The van der Waals surface area contributed by atoms with E-state index < -0.39 is 0 Å². The number of hydrogen-bond acceptors (Lipinski definition) is 6. The molecule has 3 heterocycles. The number of likely N-dealkylation sites (N-methyl/N-ethyl adjacent to an activating group) is 1. The van der Waals surface area contributed by atoms with Crippen LogP contribution < -0.4 is 4.90 Å². The molecule has 0 aromatic carbocycles. The monoisotopic (exact) mass is 387 g/mol. The highest BCUT2D eigenvalue weighted by molar-refractivity contribution is 5.89.